The predicted molar refractivity (Wildman–Crippen MR) is 69.5 cm³/mol. The Kier molecular flexibility index (Phi) is 4.55. The van der Waals surface area contributed by atoms with E-state index in [0.717, 1.165) is 18.9 Å². The van der Waals surface area contributed by atoms with E-state index in [0.29, 0.717) is 6.04 Å². The van der Waals surface area contributed by atoms with E-state index in [1.165, 1.54) is 43.4 Å². The van der Waals surface area contributed by atoms with Gasteiger partial charge < -0.3 is 5.32 Å². The molecule has 0 atom stereocenters. The molecule has 94 valence electrons. The summed E-state index contributed by atoms with van der Waals surface area (Å²) in [6, 6.07) is 7.53. The lowest BCUT2D eigenvalue weighted by Gasteiger charge is -2.27. The molecule has 1 N–H and O–H groups in total. The van der Waals surface area contributed by atoms with Crippen LogP contribution >= 0.6 is 0 Å². The number of hydrogen-bond donors (Lipinski definition) is 1. The van der Waals surface area contributed by atoms with Crippen molar-refractivity contribution in [3.8, 4) is 0 Å². The molecule has 1 saturated carbocycles. The molecule has 0 aromatic heterocycles. The van der Waals surface area contributed by atoms with Crippen LogP contribution in [0, 0.1) is 11.7 Å². The van der Waals surface area contributed by atoms with Gasteiger partial charge in [-0.15, -0.1) is 0 Å². The maximum Gasteiger partial charge on any atom is 0.123 e. The normalized spacial score (nSPS) is 24.8. The van der Waals surface area contributed by atoms with E-state index >= 15 is 0 Å². The monoisotopic (exact) mass is 235 g/mol. The molecule has 0 aliphatic heterocycles. The second-order valence-electron chi connectivity index (χ2n) is 5.29. The molecular formula is C15H22FN. The van der Waals surface area contributed by atoms with Gasteiger partial charge in [-0.25, -0.2) is 4.39 Å². The molecule has 0 bridgehead atoms. The summed E-state index contributed by atoms with van der Waals surface area (Å²) in [5.74, 6) is 0.758. The van der Waals surface area contributed by atoms with Crippen molar-refractivity contribution in [3.05, 3.63) is 35.6 Å². The van der Waals surface area contributed by atoms with Crippen LogP contribution in [0.3, 0.4) is 0 Å². The topological polar surface area (TPSA) is 12.0 Å². The van der Waals surface area contributed by atoms with E-state index < -0.39 is 0 Å². The Bertz CT molecular complexity index is 325. The standard InChI is InChI=1S/C15H22FN/c1-12-2-8-15(9-3-12)17-11-10-13-4-6-14(16)7-5-13/h4-7,12,15,17H,2-3,8-11H2,1H3/t12-,15-. The zero-order valence-corrected chi connectivity index (χ0v) is 10.6. The van der Waals surface area contributed by atoms with Crippen molar-refractivity contribution in [1.82, 2.24) is 5.32 Å². The Morgan fingerprint density at radius 3 is 2.41 bits per heavy atom. The number of hydrogen-bond acceptors (Lipinski definition) is 1. The number of rotatable bonds is 4. The molecular weight excluding hydrogens is 213 g/mol. The Balaban J connectivity index is 1.67. The quantitative estimate of drug-likeness (QED) is 0.841. The highest BCUT2D eigenvalue weighted by molar-refractivity contribution is 5.16. The van der Waals surface area contributed by atoms with E-state index in [1.807, 2.05) is 12.1 Å². The lowest BCUT2D eigenvalue weighted by Crippen LogP contribution is -2.34. The van der Waals surface area contributed by atoms with E-state index in [1.54, 1.807) is 0 Å². The number of benzene rings is 1. The van der Waals surface area contributed by atoms with Crippen LogP contribution in [0.2, 0.25) is 0 Å². The average Bonchev–Trinajstić information content (AvgIpc) is 2.34. The first-order chi connectivity index (χ1) is 8.24. The van der Waals surface area contributed by atoms with E-state index in [2.05, 4.69) is 12.2 Å². The molecule has 0 radical (unpaired) electrons. The molecule has 1 aliphatic rings. The van der Waals surface area contributed by atoms with E-state index in [9.17, 15) is 4.39 Å². The van der Waals surface area contributed by atoms with Gasteiger partial charge in [-0.1, -0.05) is 19.1 Å². The van der Waals surface area contributed by atoms with Gasteiger partial charge in [0.15, 0.2) is 0 Å². The largest absolute Gasteiger partial charge is 0.314 e. The van der Waals surface area contributed by atoms with Crippen LogP contribution in [0.5, 0.6) is 0 Å². The third-order valence-electron chi connectivity index (χ3n) is 3.78. The Labute approximate surface area is 103 Å². The van der Waals surface area contributed by atoms with Gasteiger partial charge in [-0.05, 0) is 62.3 Å². The van der Waals surface area contributed by atoms with Crippen molar-refractivity contribution in [1.29, 1.82) is 0 Å². The Morgan fingerprint density at radius 1 is 1.12 bits per heavy atom. The summed E-state index contributed by atoms with van der Waals surface area (Å²) in [6.45, 7) is 3.35. The van der Waals surface area contributed by atoms with Crippen LogP contribution in [-0.2, 0) is 6.42 Å². The van der Waals surface area contributed by atoms with Gasteiger partial charge in [-0.3, -0.25) is 0 Å². The van der Waals surface area contributed by atoms with Gasteiger partial charge in [0.25, 0.3) is 0 Å². The minimum absolute atomic E-state index is 0.150. The molecule has 2 heteroatoms. The van der Waals surface area contributed by atoms with Crippen molar-refractivity contribution in [2.45, 2.75) is 45.1 Å². The summed E-state index contributed by atoms with van der Waals surface area (Å²) in [7, 11) is 0. The summed E-state index contributed by atoms with van der Waals surface area (Å²) in [6.07, 6.45) is 6.32. The summed E-state index contributed by atoms with van der Waals surface area (Å²) < 4.78 is 12.7. The van der Waals surface area contributed by atoms with Crippen molar-refractivity contribution < 1.29 is 4.39 Å². The molecule has 1 aromatic carbocycles. The molecule has 0 unspecified atom stereocenters. The third kappa shape index (κ3) is 4.12. The summed E-state index contributed by atoms with van der Waals surface area (Å²) >= 11 is 0. The molecule has 0 amide bonds. The van der Waals surface area contributed by atoms with Crippen LogP contribution in [0.15, 0.2) is 24.3 Å². The van der Waals surface area contributed by atoms with Crippen molar-refractivity contribution in [3.63, 3.8) is 0 Å². The molecule has 0 heterocycles. The fourth-order valence-corrected chi connectivity index (χ4v) is 2.54. The highest BCUT2D eigenvalue weighted by Crippen LogP contribution is 2.23. The lowest BCUT2D eigenvalue weighted by atomic mass is 9.87. The summed E-state index contributed by atoms with van der Waals surface area (Å²) in [4.78, 5) is 0. The van der Waals surface area contributed by atoms with Gasteiger partial charge in [0.1, 0.15) is 5.82 Å². The SMILES string of the molecule is C[C@H]1CC[C@H](NCCc2ccc(F)cc2)CC1. The fraction of sp³-hybridized carbons (Fsp3) is 0.600. The van der Waals surface area contributed by atoms with Gasteiger partial charge in [0.2, 0.25) is 0 Å². The second-order valence-corrected chi connectivity index (χ2v) is 5.29. The van der Waals surface area contributed by atoms with Gasteiger partial charge in [0.05, 0.1) is 0 Å². The number of halogens is 1. The van der Waals surface area contributed by atoms with Crippen LogP contribution in [-0.4, -0.2) is 12.6 Å². The smallest absolute Gasteiger partial charge is 0.123 e. The first-order valence-electron chi connectivity index (χ1n) is 6.72. The zero-order chi connectivity index (χ0) is 12.1. The molecule has 1 nitrogen and oxygen atoms in total. The molecule has 1 fully saturated rings. The third-order valence-corrected chi connectivity index (χ3v) is 3.78. The maximum atomic E-state index is 12.7. The summed E-state index contributed by atoms with van der Waals surface area (Å²) in [5, 5.41) is 3.61. The predicted octanol–water partition coefficient (Wildman–Crippen LogP) is 3.54. The Hall–Kier alpha value is -0.890. The van der Waals surface area contributed by atoms with E-state index in [-0.39, 0.29) is 5.82 Å². The fourth-order valence-electron chi connectivity index (χ4n) is 2.54. The molecule has 2 rings (SSSR count). The number of nitrogens with one attached hydrogen (secondary N) is 1. The summed E-state index contributed by atoms with van der Waals surface area (Å²) in [5.41, 5.74) is 1.21. The van der Waals surface area contributed by atoms with Crippen LogP contribution in [0.4, 0.5) is 4.39 Å². The molecule has 1 aromatic rings. The van der Waals surface area contributed by atoms with Gasteiger partial charge in [0, 0.05) is 6.04 Å². The van der Waals surface area contributed by atoms with Gasteiger partial charge >= 0.3 is 0 Å². The maximum absolute atomic E-state index is 12.7. The average molecular weight is 235 g/mol. The molecule has 1 aliphatic carbocycles. The lowest BCUT2D eigenvalue weighted by molar-refractivity contribution is 0.309. The minimum Gasteiger partial charge on any atom is -0.314 e. The van der Waals surface area contributed by atoms with E-state index in [4.69, 9.17) is 0 Å². The minimum atomic E-state index is -0.150. The second kappa shape index (κ2) is 6.15. The van der Waals surface area contributed by atoms with Crippen molar-refractivity contribution in [2.24, 2.45) is 5.92 Å². The van der Waals surface area contributed by atoms with Gasteiger partial charge in [-0.2, -0.15) is 0 Å². The Morgan fingerprint density at radius 2 is 1.76 bits per heavy atom. The molecule has 0 saturated heterocycles. The van der Waals surface area contributed by atoms with Crippen molar-refractivity contribution in [2.75, 3.05) is 6.54 Å². The van der Waals surface area contributed by atoms with Crippen LogP contribution in [0.1, 0.15) is 38.2 Å². The first-order valence-corrected chi connectivity index (χ1v) is 6.72. The van der Waals surface area contributed by atoms with Crippen molar-refractivity contribution >= 4 is 0 Å². The highest BCUT2D eigenvalue weighted by Gasteiger charge is 2.16. The molecule has 0 spiro atoms. The van der Waals surface area contributed by atoms with Crippen LogP contribution < -0.4 is 5.32 Å². The van der Waals surface area contributed by atoms with Crippen LogP contribution in [0.25, 0.3) is 0 Å². The highest BCUT2D eigenvalue weighted by atomic mass is 19.1. The zero-order valence-electron chi connectivity index (χ0n) is 10.6. The first kappa shape index (κ1) is 12.6. The molecule has 17 heavy (non-hydrogen) atoms.